The Morgan fingerprint density at radius 1 is 1.67 bits per heavy atom. The standard InChI is InChI=1S/C8H10N4/c1-12(6-2-4-9)8-3-5-10-7-11-8/h3,5,7H,2,6H2,1H3. The van der Waals surface area contributed by atoms with Gasteiger partial charge < -0.3 is 4.90 Å². The van der Waals surface area contributed by atoms with Gasteiger partial charge in [-0.05, 0) is 6.07 Å². The zero-order valence-corrected chi connectivity index (χ0v) is 6.94. The average Bonchev–Trinajstić information content (AvgIpc) is 2.15. The average molecular weight is 162 g/mol. The largest absolute Gasteiger partial charge is 0.359 e. The first-order valence-electron chi connectivity index (χ1n) is 3.68. The summed E-state index contributed by atoms with van der Waals surface area (Å²) < 4.78 is 0. The molecule has 0 spiro atoms. The van der Waals surface area contributed by atoms with Crippen molar-refractivity contribution in [3.63, 3.8) is 0 Å². The van der Waals surface area contributed by atoms with Crippen LogP contribution in [0.3, 0.4) is 0 Å². The molecule has 1 heterocycles. The number of nitriles is 1. The van der Waals surface area contributed by atoms with Crippen molar-refractivity contribution < 1.29 is 0 Å². The highest BCUT2D eigenvalue weighted by atomic mass is 15.2. The number of rotatable bonds is 3. The summed E-state index contributed by atoms with van der Waals surface area (Å²) in [6.07, 6.45) is 3.70. The Hall–Kier alpha value is -1.63. The van der Waals surface area contributed by atoms with Crippen LogP contribution in [0.5, 0.6) is 0 Å². The van der Waals surface area contributed by atoms with Crippen LogP contribution in [0.25, 0.3) is 0 Å². The monoisotopic (exact) mass is 162 g/mol. The third-order valence-corrected chi connectivity index (χ3v) is 1.52. The molecule has 0 radical (unpaired) electrons. The van der Waals surface area contributed by atoms with Crippen molar-refractivity contribution in [3.05, 3.63) is 18.6 Å². The maximum atomic E-state index is 8.35. The van der Waals surface area contributed by atoms with E-state index in [0.717, 1.165) is 5.82 Å². The van der Waals surface area contributed by atoms with E-state index in [4.69, 9.17) is 5.26 Å². The summed E-state index contributed by atoms with van der Waals surface area (Å²) >= 11 is 0. The van der Waals surface area contributed by atoms with Gasteiger partial charge in [-0.1, -0.05) is 0 Å². The first-order chi connectivity index (χ1) is 5.84. The van der Waals surface area contributed by atoms with E-state index in [1.807, 2.05) is 18.0 Å². The second kappa shape index (κ2) is 4.29. The maximum Gasteiger partial charge on any atom is 0.131 e. The molecule has 0 saturated heterocycles. The molecule has 12 heavy (non-hydrogen) atoms. The van der Waals surface area contributed by atoms with Gasteiger partial charge >= 0.3 is 0 Å². The van der Waals surface area contributed by atoms with Gasteiger partial charge in [0.25, 0.3) is 0 Å². The van der Waals surface area contributed by atoms with Crippen molar-refractivity contribution in [2.45, 2.75) is 6.42 Å². The van der Waals surface area contributed by atoms with E-state index < -0.39 is 0 Å². The van der Waals surface area contributed by atoms with E-state index in [-0.39, 0.29) is 0 Å². The molecule has 0 aliphatic carbocycles. The molecule has 0 aliphatic heterocycles. The van der Waals surface area contributed by atoms with Gasteiger partial charge in [0.15, 0.2) is 0 Å². The second-order valence-corrected chi connectivity index (χ2v) is 2.40. The Kier molecular flexibility index (Phi) is 3.03. The normalized spacial score (nSPS) is 9.00. The summed E-state index contributed by atoms with van der Waals surface area (Å²) in [5.74, 6) is 0.847. The first-order valence-corrected chi connectivity index (χ1v) is 3.68. The topological polar surface area (TPSA) is 52.8 Å². The molecule has 0 aromatic carbocycles. The number of aromatic nitrogens is 2. The molecule has 0 fully saturated rings. The lowest BCUT2D eigenvalue weighted by Gasteiger charge is -2.14. The van der Waals surface area contributed by atoms with Gasteiger partial charge in [0.2, 0.25) is 0 Å². The minimum Gasteiger partial charge on any atom is -0.359 e. The summed E-state index contributed by atoms with van der Waals surface area (Å²) in [5.41, 5.74) is 0. The fourth-order valence-corrected chi connectivity index (χ4v) is 0.842. The maximum absolute atomic E-state index is 8.35. The molecule has 0 bridgehead atoms. The molecular weight excluding hydrogens is 152 g/mol. The van der Waals surface area contributed by atoms with E-state index >= 15 is 0 Å². The van der Waals surface area contributed by atoms with Crippen LogP contribution in [0.4, 0.5) is 5.82 Å². The summed E-state index contributed by atoms with van der Waals surface area (Å²) in [4.78, 5) is 9.76. The summed E-state index contributed by atoms with van der Waals surface area (Å²) in [7, 11) is 1.90. The minimum absolute atomic E-state index is 0.514. The molecule has 0 N–H and O–H groups in total. The Labute approximate surface area is 71.5 Å². The van der Waals surface area contributed by atoms with Crippen LogP contribution >= 0.6 is 0 Å². The number of hydrogen-bond acceptors (Lipinski definition) is 4. The Bertz CT molecular complexity index is 264. The highest BCUT2D eigenvalue weighted by Gasteiger charge is 1.98. The molecule has 0 unspecified atom stereocenters. The summed E-state index contributed by atoms with van der Waals surface area (Å²) in [6, 6.07) is 3.90. The molecule has 0 atom stereocenters. The first kappa shape index (κ1) is 8.47. The molecule has 62 valence electrons. The number of anilines is 1. The Morgan fingerprint density at radius 3 is 3.08 bits per heavy atom. The smallest absolute Gasteiger partial charge is 0.131 e. The molecule has 1 aromatic heterocycles. The Balaban J connectivity index is 2.55. The van der Waals surface area contributed by atoms with E-state index in [9.17, 15) is 0 Å². The summed E-state index contributed by atoms with van der Waals surface area (Å²) in [6.45, 7) is 0.702. The SMILES string of the molecule is CN(CCC#N)c1ccncn1. The van der Waals surface area contributed by atoms with Crippen LogP contribution in [0.15, 0.2) is 18.6 Å². The van der Waals surface area contributed by atoms with Gasteiger partial charge in [-0.2, -0.15) is 5.26 Å². The zero-order valence-electron chi connectivity index (χ0n) is 6.94. The third-order valence-electron chi connectivity index (χ3n) is 1.52. The Morgan fingerprint density at radius 2 is 2.50 bits per heavy atom. The van der Waals surface area contributed by atoms with Crippen LogP contribution in [0, 0.1) is 11.3 Å². The predicted octanol–water partition coefficient (Wildman–Crippen LogP) is 0.826. The van der Waals surface area contributed by atoms with Gasteiger partial charge in [0.05, 0.1) is 12.5 Å². The zero-order chi connectivity index (χ0) is 8.81. The van der Waals surface area contributed by atoms with Crippen molar-refractivity contribution in [2.75, 3.05) is 18.5 Å². The highest BCUT2D eigenvalue weighted by molar-refractivity contribution is 5.34. The second-order valence-electron chi connectivity index (χ2n) is 2.40. The fraction of sp³-hybridized carbons (Fsp3) is 0.375. The van der Waals surface area contributed by atoms with Gasteiger partial charge in [-0.3, -0.25) is 0 Å². The van der Waals surface area contributed by atoms with Crippen LogP contribution in [0.2, 0.25) is 0 Å². The van der Waals surface area contributed by atoms with E-state index in [0.29, 0.717) is 13.0 Å². The van der Waals surface area contributed by atoms with Crippen molar-refractivity contribution >= 4 is 5.82 Å². The van der Waals surface area contributed by atoms with E-state index in [1.54, 1.807) is 6.20 Å². The van der Waals surface area contributed by atoms with Crippen molar-refractivity contribution in [1.82, 2.24) is 9.97 Å². The molecule has 4 nitrogen and oxygen atoms in total. The van der Waals surface area contributed by atoms with Crippen LogP contribution in [0.1, 0.15) is 6.42 Å². The molecule has 1 aromatic rings. The lowest BCUT2D eigenvalue weighted by Crippen LogP contribution is -2.19. The number of nitrogens with zero attached hydrogens (tertiary/aromatic N) is 4. The lowest BCUT2D eigenvalue weighted by molar-refractivity contribution is 0.879. The summed E-state index contributed by atoms with van der Waals surface area (Å²) in [5, 5.41) is 8.35. The van der Waals surface area contributed by atoms with Gasteiger partial charge in [0, 0.05) is 19.8 Å². The minimum atomic E-state index is 0.514. The van der Waals surface area contributed by atoms with Crippen molar-refractivity contribution in [3.8, 4) is 6.07 Å². The van der Waals surface area contributed by atoms with E-state index in [1.165, 1.54) is 6.33 Å². The molecule has 1 rings (SSSR count). The van der Waals surface area contributed by atoms with Crippen LogP contribution < -0.4 is 4.90 Å². The molecular formula is C8H10N4. The van der Waals surface area contributed by atoms with Gasteiger partial charge in [-0.15, -0.1) is 0 Å². The molecule has 0 aliphatic rings. The quantitative estimate of drug-likeness (QED) is 0.660. The van der Waals surface area contributed by atoms with Gasteiger partial charge in [0.1, 0.15) is 12.1 Å². The molecule has 0 saturated carbocycles. The van der Waals surface area contributed by atoms with Gasteiger partial charge in [-0.25, -0.2) is 9.97 Å². The van der Waals surface area contributed by atoms with E-state index in [2.05, 4.69) is 16.0 Å². The predicted molar refractivity (Wildman–Crippen MR) is 45.5 cm³/mol. The number of hydrogen-bond donors (Lipinski definition) is 0. The van der Waals surface area contributed by atoms with Crippen LogP contribution in [-0.4, -0.2) is 23.6 Å². The lowest BCUT2D eigenvalue weighted by atomic mass is 10.4. The fourth-order valence-electron chi connectivity index (χ4n) is 0.842. The van der Waals surface area contributed by atoms with Crippen LogP contribution in [-0.2, 0) is 0 Å². The molecule has 0 amide bonds. The van der Waals surface area contributed by atoms with Crippen molar-refractivity contribution in [2.24, 2.45) is 0 Å². The molecule has 4 heteroatoms. The highest BCUT2D eigenvalue weighted by Crippen LogP contribution is 2.04. The third kappa shape index (κ3) is 2.20. The van der Waals surface area contributed by atoms with Crippen molar-refractivity contribution in [1.29, 1.82) is 5.26 Å².